The number of aryl methyl sites for hydroxylation is 2. The van der Waals surface area contributed by atoms with Crippen molar-refractivity contribution >= 4 is 11.6 Å². The molecule has 1 aromatic heterocycles. The third-order valence-corrected chi connectivity index (χ3v) is 4.55. The molecule has 2 rings (SSSR count). The van der Waals surface area contributed by atoms with Gasteiger partial charge in [0.1, 0.15) is 5.15 Å². The van der Waals surface area contributed by atoms with Crippen LogP contribution in [0.5, 0.6) is 0 Å². The van der Waals surface area contributed by atoms with Crippen LogP contribution in [0, 0.1) is 12.8 Å². The SMILES string of the molecule is CCN(Cc1c(C)nn(C)c1Cl)CC1CCNCC1. The van der Waals surface area contributed by atoms with Crippen molar-refractivity contribution in [3.8, 4) is 0 Å². The van der Waals surface area contributed by atoms with Crippen LogP contribution in [0.1, 0.15) is 31.0 Å². The first kappa shape index (κ1) is 14.8. The van der Waals surface area contributed by atoms with E-state index in [4.69, 9.17) is 11.6 Å². The molecule has 1 saturated heterocycles. The van der Waals surface area contributed by atoms with Gasteiger partial charge < -0.3 is 5.32 Å². The van der Waals surface area contributed by atoms with E-state index in [0.717, 1.165) is 42.9 Å². The molecule has 4 nitrogen and oxygen atoms in total. The molecule has 0 saturated carbocycles. The Bertz CT molecular complexity index is 410. The van der Waals surface area contributed by atoms with Crippen LogP contribution in [-0.2, 0) is 13.6 Å². The average molecular weight is 285 g/mol. The number of nitrogens with one attached hydrogen (secondary N) is 1. The summed E-state index contributed by atoms with van der Waals surface area (Å²) in [5, 5.41) is 8.60. The van der Waals surface area contributed by atoms with E-state index in [-0.39, 0.29) is 0 Å². The molecule has 1 N–H and O–H groups in total. The van der Waals surface area contributed by atoms with E-state index in [1.165, 1.54) is 24.9 Å². The molecule has 0 aromatic carbocycles. The molecule has 2 heterocycles. The maximum Gasteiger partial charge on any atom is 0.131 e. The molecule has 1 aliphatic heterocycles. The van der Waals surface area contributed by atoms with E-state index >= 15 is 0 Å². The predicted molar refractivity (Wildman–Crippen MR) is 79.5 cm³/mol. The summed E-state index contributed by atoms with van der Waals surface area (Å²) in [5.74, 6) is 0.817. The van der Waals surface area contributed by atoms with Crippen molar-refractivity contribution in [2.75, 3.05) is 26.2 Å². The Morgan fingerprint density at radius 1 is 1.42 bits per heavy atom. The molecule has 19 heavy (non-hydrogen) atoms. The van der Waals surface area contributed by atoms with E-state index in [1.807, 2.05) is 14.0 Å². The summed E-state index contributed by atoms with van der Waals surface area (Å²) in [7, 11) is 1.90. The van der Waals surface area contributed by atoms with Gasteiger partial charge in [-0.25, -0.2) is 0 Å². The zero-order chi connectivity index (χ0) is 13.8. The Labute approximate surface area is 121 Å². The first-order valence-corrected chi connectivity index (χ1v) is 7.60. The number of piperidine rings is 1. The van der Waals surface area contributed by atoms with Crippen molar-refractivity contribution < 1.29 is 0 Å². The lowest BCUT2D eigenvalue weighted by Gasteiger charge is -2.29. The van der Waals surface area contributed by atoms with Crippen molar-refractivity contribution in [3.63, 3.8) is 0 Å². The Morgan fingerprint density at radius 3 is 2.63 bits per heavy atom. The highest BCUT2D eigenvalue weighted by atomic mass is 35.5. The van der Waals surface area contributed by atoms with E-state index in [9.17, 15) is 0 Å². The van der Waals surface area contributed by atoms with Gasteiger partial charge in [0.25, 0.3) is 0 Å². The van der Waals surface area contributed by atoms with Crippen LogP contribution in [0.3, 0.4) is 0 Å². The Morgan fingerprint density at radius 2 is 2.11 bits per heavy atom. The van der Waals surface area contributed by atoms with Gasteiger partial charge in [-0.2, -0.15) is 5.10 Å². The number of nitrogens with zero attached hydrogens (tertiary/aromatic N) is 3. The smallest absolute Gasteiger partial charge is 0.131 e. The van der Waals surface area contributed by atoms with Crippen molar-refractivity contribution in [1.29, 1.82) is 0 Å². The van der Waals surface area contributed by atoms with Crippen LogP contribution in [0.2, 0.25) is 5.15 Å². The third kappa shape index (κ3) is 3.71. The second-order valence-electron chi connectivity index (χ2n) is 5.50. The number of hydrogen-bond acceptors (Lipinski definition) is 3. The van der Waals surface area contributed by atoms with E-state index < -0.39 is 0 Å². The zero-order valence-corrected chi connectivity index (χ0v) is 13.0. The normalized spacial score (nSPS) is 17.3. The van der Waals surface area contributed by atoms with Gasteiger partial charge >= 0.3 is 0 Å². The third-order valence-electron chi connectivity index (χ3n) is 4.07. The zero-order valence-electron chi connectivity index (χ0n) is 12.2. The number of rotatable bonds is 5. The average Bonchev–Trinajstić information content (AvgIpc) is 2.65. The minimum atomic E-state index is 0.779. The largest absolute Gasteiger partial charge is 0.317 e. The fraction of sp³-hybridized carbons (Fsp3) is 0.786. The van der Waals surface area contributed by atoms with Gasteiger partial charge in [-0.05, 0) is 45.3 Å². The van der Waals surface area contributed by atoms with E-state index in [0.29, 0.717) is 0 Å². The molecule has 0 bridgehead atoms. The second kappa shape index (κ2) is 6.73. The van der Waals surface area contributed by atoms with Crippen LogP contribution in [0.15, 0.2) is 0 Å². The molecular formula is C14H25ClN4. The molecular weight excluding hydrogens is 260 g/mol. The van der Waals surface area contributed by atoms with Crippen LogP contribution >= 0.6 is 11.6 Å². The van der Waals surface area contributed by atoms with Crippen LogP contribution in [-0.4, -0.2) is 40.9 Å². The minimum absolute atomic E-state index is 0.779. The van der Waals surface area contributed by atoms with Gasteiger partial charge in [-0.15, -0.1) is 0 Å². The standard InChI is InChI=1S/C14H25ClN4/c1-4-19(9-12-5-7-16-8-6-12)10-13-11(2)17-18(3)14(13)15/h12,16H,4-10H2,1-3H3. The quantitative estimate of drug-likeness (QED) is 0.900. The lowest BCUT2D eigenvalue weighted by molar-refractivity contribution is 0.207. The van der Waals surface area contributed by atoms with Gasteiger partial charge in [0, 0.05) is 25.7 Å². The number of halogens is 1. The highest BCUT2D eigenvalue weighted by molar-refractivity contribution is 6.30. The fourth-order valence-electron chi connectivity index (χ4n) is 2.81. The molecule has 1 aliphatic rings. The van der Waals surface area contributed by atoms with Crippen molar-refractivity contribution in [1.82, 2.24) is 20.0 Å². The summed E-state index contributed by atoms with van der Waals surface area (Å²) in [6.07, 6.45) is 2.58. The lowest BCUT2D eigenvalue weighted by atomic mass is 9.97. The number of hydrogen-bond donors (Lipinski definition) is 1. The fourth-order valence-corrected chi connectivity index (χ4v) is 3.05. The second-order valence-corrected chi connectivity index (χ2v) is 5.86. The molecule has 1 fully saturated rings. The van der Waals surface area contributed by atoms with E-state index in [2.05, 4.69) is 22.2 Å². The molecule has 1 aromatic rings. The monoisotopic (exact) mass is 284 g/mol. The van der Waals surface area contributed by atoms with Crippen LogP contribution in [0.4, 0.5) is 0 Å². The Kier molecular flexibility index (Phi) is 5.25. The molecule has 5 heteroatoms. The van der Waals surface area contributed by atoms with Crippen molar-refractivity contribution in [3.05, 3.63) is 16.4 Å². The summed E-state index contributed by atoms with van der Waals surface area (Å²) >= 11 is 6.32. The van der Waals surface area contributed by atoms with Crippen molar-refractivity contribution in [2.24, 2.45) is 13.0 Å². The first-order chi connectivity index (χ1) is 9.11. The van der Waals surface area contributed by atoms with Gasteiger partial charge in [0.05, 0.1) is 5.69 Å². The molecule has 0 spiro atoms. The predicted octanol–water partition coefficient (Wildman–Crippen LogP) is 2.20. The highest BCUT2D eigenvalue weighted by Crippen LogP contribution is 2.22. The topological polar surface area (TPSA) is 33.1 Å². The van der Waals surface area contributed by atoms with Gasteiger partial charge in [0.15, 0.2) is 0 Å². The molecule has 108 valence electrons. The maximum atomic E-state index is 6.32. The summed E-state index contributed by atoms with van der Waals surface area (Å²) < 4.78 is 1.77. The van der Waals surface area contributed by atoms with Crippen LogP contribution < -0.4 is 5.32 Å². The van der Waals surface area contributed by atoms with E-state index in [1.54, 1.807) is 4.68 Å². The molecule has 0 aliphatic carbocycles. The molecule has 0 amide bonds. The van der Waals surface area contributed by atoms with Crippen molar-refractivity contribution in [2.45, 2.75) is 33.2 Å². The Balaban J connectivity index is 1.98. The summed E-state index contributed by atoms with van der Waals surface area (Å²) in [4.78, 5) is 2.49. The molecule has 0 radical (unpaired) electrons. The lowest BCUT2D eigenvalue weighted by Crippen LogP contribution is -2.36. The van der Waals surface area contributed by atoms with Gasteiger partial charge in [-0.3, -0.25) is 9.58 Å². The van der Waals surface area contributed by atoms with Gasteiger partial charge in [0.2, 0.25) is 0 Å². The minimum Gasteiger partial charge on any atom is -0.317 e. The number of aromatic nitrogens is 2. The Hall–Kier alpha value is -0.580. The molecule has 0 unspecified atom stereocenters. The first-order valence-electron chi connectivity index (χ1n) is 7.22. The highest BCUT2D eigenvalue weighted by Gasteiger charge is 2.19. The summed E-state index contributed by atoms with van der Waals surface area (Å²) in [5.41, 5.74) is 2.23. The summed E-state index contributed by atoms with van der Waals surface area (Å²) in [6.45, 7) is 9.74. The summed E-state index contributed by atoms with van der Waals surface area (Å²) in [6, 6.07) is 0. The maximum absolute atomic E-state index is 6.32. The molecule has 0 atom stereocenters. The van der Waals surface area contributed by atoms with Gasteiger partial charge in [-0.1, -0.05) is 18.5 Å². The van der Waals surface area contributed by atoms with Crippen LogP contribution in [0.25, 0.3) is 0 Å².